The first-order valence-electron chi connectivity index (χ1n) is 19.1. The fourth-order valence-electron chi connectivity index (χ4n) is 5.90. The molecule has 14 heteroatoms. The van der Waals surface area contributed by atoms with Crippen molar-refractivity contribution in [1.29, 1.82) is 0 Å². The van der Waals surface area contributed by atoms with Crippen LogP contribution in [0, 0.1) is 17.8 Å². The van der Waals surface area contributed by atoms with E-state index in [9.17, 15) is 27.9 Å². The molecule has 0 aliphatic heterocycles. The molecule has 5 unspecified atom stereocenters. The number of benzene rings is 3. The second-order valence-corrected chi connectivity index (χ2v) is 16.7. The molecular formula is C42H60N4O9S. The lowest BCUT2D eigenvalue weighted by Crippen LogP contribution is -2.53. The third-order valence-corrected chi connectivity index (χ3v) is 10.1. The Morgan fingerprint density at radius 3 is 2.05 bits per heavy atom. The number of sulfone groups is 1. The van der Waals surface area contributed by atoms with Gasteiger partial charge in [-0.3, -0.25) is 14.4 Å². The zero-order valence-corrected chi connectivity index (χ0v) is 34.3. The fraction of sp³-hybridized carbons (Fsp3) is 0.500. The van der Waals surface area contributed by atoms with E-state index in [1.165, 1.54) is 6.07 Å². The Balaban J connectivity index is 1.83. The van der Waals surface area contributed by atoms with E-state index in [0.29, 0.717) is 37.4 Å². The molecule has 3 rings (SSSR count). The van der Waals surface area contributed by atoms with Crippen molar-refractivity contribution in [2.45, 2.75) is 78.5 Å². The lowest BCUT2D eigenvalue weighted by molar-refractivity contribution is -0.134. The SMILES string of the molecule is CCC(C)C(NC(=O)C(CC(O)C(COCc1ccccc1)NC(=O)c1cc(COCCOC)cc(NCS(C)(=O)=O)c1)C(C)C)C(=O)NCc1ccccc1. The molecule has 0 aromatic heterocycles. The minimum absolute atomic E-state index is 0.0312. The molecule has 13 nitrogen and oxygen atoms in total. The van der Waals surface area contributed by atoms with E-state index in [0.717, 1.165) is 17.4 Å². The molecule has 5 atom stereocenters. The molecule has 3 aromatic rings. The summed E-state index contributed by atoms with van der Waals surface area (Å²) in [4.78, 5) is 41.3. The van der Waals surface area contributed by atoms with Crippen molar-refractivity contribution in [1.82, 2.24) is 16.0 Å². The zero-order valence-electron chi connectivity index (χ0n) is 33.5. The minimum Gasteiger partial charge on any atom is -0.391 e. The van der Waals surface area contributed by atoms with Crippen LogP contribution in [-0.4, -0.2) is 88.5 Å². The first-order valence-corrected chi connectivity index (χ1v) is 21.1. The number of rotatable bonds is 25. The van der Waals surface area contributed by atoms with Gasteiger partial charge in [-0.2, -0.15) is 0 Å². The van der Waals surface area contributed by atoms with Crippen LogP contribution in [0.2, 0.25) is 0 Å². The number of nitrogens with one attached hydrogen (secondary N) is 4. The molecule has 5 N–H and O–H groups in total. The van der Waals surface area contributed by atoms with Gasteiger partial charge < -0.3 is 40.6 Å². The summed E-state index contributed by atoms with van der Waals surface area (Å²) in [7, 11) is -1.82. The molecule has 3 aromatic carbocycles. The topological polar surface area (TPSA) is 181 Å². The van der Waals surface area contributed by atoms with Crippen molar-refractivity contribution in [3.05, 3.63) is 101 Å². The molecular weight excluding hydrogens is 737 g/mol. The summed E-state index contributed by atoms with van der Waals surface area (Å²) >= 11 is 0. The van der Waals surface area contributed by atoms with Crippen LogP contribution in [0.5, 0.6) is 0 Å². The lowest BCUT2D eigenvalue weighted by atomic mass is 9.86. The first-order chi connectivity index (χ1) is 26.7. The van der Waals surface area contributed by atoms with Gasteiger partial charge in [-0.25, -0.2) is 8.42 Å². The second kappa shape index (κ2) is 23.7. The van der Waals surface area contributed by atoms with E-state index in [2.05, 4.69) is 21.3 Å². The van der Waals surface area contributed by atoms with Gasteiger partial charge in [0.2, 0.25) is 11.8 Å². The molecule has 0 fully saturated rings. The average Bonchev–Trinajstić information content (AvgIpc) is 3.18. The van der Waals surface area contributed by atoms with Crippen LogP contribution in [0.15, 0.2) is 78.9 Å². The summed E-state index contributed by atoms with van der Waals surface area (Å²) in [5.74, 6) is -2.67. The Bertz CT molecular complexity index is 1760. The monoisotopic (exact) mass is 796 g/mol. The number of amides is 3. The summed E-state index contributed by atoms with van der Waals surface area (Å²) in [5.41, 5.74) is 3.04. The zero-order chi connectivity index (χ0) is 41.1. The predicted molar refractivity (Wildman–Crippen MR) is 217 cm³/mol. The number of methoxy groups -OCH3 is 1. The quantitative estimate of drug-likeness (QED) is 0.0769. The molecule has 0 spiro atoms. The van der Waals surface area contributed by atoms with Crippen LogP contribution in [-0.2, 0) is 53.4 Å². The number of carbonyl (C=O) groups excluding carboxylic acids is 3. The van der Waals surface area contributed by atoms with Gasteiger partial charge in [0.05, 0.1) is 45.2 Å². The third-order valence-electron chi connectivity index (χ3n) is 9.42. The number of ether oxygens (including phenoxy) is 3. The molecule has 0 saturated heterocycles. The number of hydrogen-bond acceptors (Lipinski definition) is 10. The maximum Gasteiger partial charge on any atom is 0.251 e. The molecule has 0 saturated carbocycles. The number of carbonyl (C=O) groups is 3. The van der Waals surface area contributed by atoms with Gasteiger partial charge in [0.1, 0.15) is 11.9 Å². The van der Waals surface area contributed by atoms with Crippen LogP contribution >= 0.6 is 0 Å². The second-order valence-electron chi connectivity index (χ2n) is 14.5. The molecule has 56 heavy (non-hydrogen) atoms. The van der Waals surface area contributed by atoms with E-state index in [4.69, 9.17) is 14.2 Å². The molecule has 0 bridgehead atoms. The van der Waals surface area contributed by atoms with Crippen molar-refractivity contribution in [3.63, 3.8) is 0 Å². The van der Waals surface area contributed by atoms with Crippen LogP contribution in [0.3, 0.4) is 0 Å². The Morgan fingerprint density at radius 2 is 1.45 bits per heavy atom. The number of anilines is 1. The highest BCUT2D eigenvalue weighted by Gasteiger charge is 2.34. The van der Waals surface area contributed by atoms with Gasteiger partial charge in [0.15, 0.2) is 9.84 Å². The molecule has 0 aliphatic rings. The molecule has 0 radical (unpaired) electrons. The highest BCUT2D eigenvalue weighted by atomic mass is 32.2. The fourth-order valence-corrected chi connectivity index (χ4v) is 6.33. The maximum absolute atomic E-state index is 13.9. The van der Waals surface area contributed by atoms with Gasteiger partial charge in [-0.05, 0) is 53.1 Å². The van der Waals surface area contributed by atoms with Crippen molar-refractivity contribution in [2.24, 2.45) is 17.8 Å². The van der Waals surface area contributed by atoms with Crippen molar-refractivity contribution in [3.8, 4) is 0 Å². The predicted octanol–water partition coefficient (Wildman–Crippen LogP) is 4.45. The Morgan fingerprint density at radius 1 is 0.804 bits per heavy atom. The Kier molecular flexibility index (Phi) is 19.5. The molecule has 308 valence electrons. The first kappa shape index (κ1) is 46.0. The van der Waals surface area contributed by atoms with E-state index in [-0.39, 0.29) is 61.3 Å². The Hall–Kier alpha value is -4.34. The summed E-state index contributed by atoms with van der Waals surface area (Å²) in [6, 6.07) is 22.1. The normalized spacial score (nSPS) is 14.3. The van der Waals surface area contributed by atoms with Gasteiger partial charge in [0.25, 0.3) is 5.91 Å². The third kappa shape index (κ3) is 16.4. The van der Waals surface area contributed by atoms with Crippen LogP contribution < -0.4 is 21.3 Å². The van der Waals surface area contributed by atoms with Gasteiger partial charge in [0, 0.05) is 37.1 Å². The lowest BCUT2D eigenvalue weighted by Gasteiger charge is -2.31. The van der Waals surface area contributed by atoms with Crippen molar-refractivity contribution >= 4 is 33.2 Å². The highest BCUT2D eigenvalue weighted by molar-refractivity contribution is 7.90. The van der Waals surface area contributed by atoms with E-state index < -0.39 is 39.8 Å². The smallest absolute Gasteiger partial charge is 0.251 e. The standard InChI is InChI=1S/C42H60N4O9S/c1-7-30(4)39(42(50)43-24-31-14-10-8-11-15-31)46-41(49)36(29(2)3)23-38(47)37(27-55-25-32-16-12-9-13-17-32)45-40(48)34-20-33(26-54-19-18-53-5)21-35(22-34)44-28-56(6,51)52/h8-17,20-22,29-30,36-39,44,47H,7,18-19,23-28H2,1-6H3,(H,43,50)(H,45,48)(H,46,49). The minimum atomic E-state index is -3.38. The Labute approximate surface area is 332 Å². The van der Waals surface area contributed by atoms with Crippen LogP contribution in [0.4, 0.5) is 5.69 Å². The van der Waals surface area contributed by atoms with Crippen LogP contribution in [0.1, 0.15) is 67.6 Å². The van der Waals surface area contributed by atoms with Gasteiger partial charge >= 0.3 is 0 Å². The molecule has 0 aliphatic carbocycles. The average molecular weight is 797 g/mol. The van der Waals surface area contributed by atoms with Crippen LogP contribution in [0.25, 0.3) is 0 Å². The summed E-state index contributed by atoms with van der Waals surface area (Å²) in [6.45, 7) is 8.88. The largest absolute Gasteiger partial charge is 0.391 e. The summed E-state index contributed by atoms with van der Waals surface area (Å²) < 4.78 is 40.6. The maximum atomic E-state index is 13.9. The van der Waals surface area contributed by atoms with E-state index in [1.807, 2.05) is 88.4 Å². The summed E-state index contributed by atoms with van der Waals surface area (Å²) in [6.07, 6.45) is 0.488. The van der Waals surface area contributed by atoms with Gasteiger partial charge in [-0.15, -0.1) is 0 Å². The van der Waals surface area contributed by atoms with Crippen molar-refractivity contribution < 1.29 is 42.1 Å². The van der Waals surface area contributed by atoms with E-state index in [1.54, 1.807) is 19.2 Å². The summed E-state index contributed by atoms with van der Waals surface area (Å²) in [5, 5.41) is 23.4. The van der Waals surface area contributed by atoms with Crippen molar-refractivity contribution in [2.75, 3.05) is 44.4 Å². The molecule has 0 heterocycles. The number of aliphatic hydroxyl groups excluding tert-OH is 1. The molecule has 3 amide bonds. The number of hydrogen-bond donors (Lipinski definition) is 5. The highest BCUT2D eigenvalue weighted by Crippen LogP contribution is 2.22. The van der Waals surface area contributed by atoms with Gasteiger partial charge in [-0.1, -0.05) is 94.8 Å². The van der Waals surface area contributed by atoms with E-state index >= 15 is 0 Å². The number of aliphatic hydroxyl groups is 1.